The second kappa shape index (κ2) is 5.85. The van der Waals surface area contributed by atoms with Gasteiger partial charge in [-0.1, -0.05) is 36.4 Å². The highest BCUT2D eigenvalue weighted by Gasteiger charge is 2.41. The highest BCUT2D eigenvalue weighted by atomic mass is 28.1. The lowest BCUT2D eigenvalue weighted by Crippen LogP contribution is -2.49. The average molecular weight is 315 g/mol. The molecule has 0 aliphatic rings. The van der Waals surface area contributed by atoms with Gasteiger partial charge in [-0.15, -0.1) is 0 Å². The number of nitrogens with zero attached hydrogens (tertiary/aromatic N) is 1. The minimum absolute atomic E-state index is 0.151. The summed E-state index contributed by atoms with van der Waals surface area (Å²) in [6.45, 7) is 0. The molecule has 0 radical (unpaired) electrons. The van der Waals surface area contributed by atoms with Crippen LogP contribution >= 0.6 is 0 Å². The highest BCUT2D eigenvalue weighted by molar-refractivity contribution is 6.12. The molecule has 1 atom stereocenters. The van der Waals surface area contributed by atoms with Gasteiger partial charge >= 0.3 is 0 Å². The van der Waals surface area contributed by atoms with Crippen molar-refractivity contribution in [3.63, 3.8) is 0 Å². The van der Waals surface area contributed by atoms with E-state index in [-0.39, 0.29) is 5.73 Å². The molecule has 0 aliphatic carbocycles. The molecule has 3 aromatic rings. The second-order valence-corrected chi connectivity index (χ2v) is 6.34. The smallest absolute Gasteiger partial charge is 0.279 e. The first-order chi connectivity index (χ1) is 10.7. The fourth-order valence-corrected chi connectivity index (χ4v) is 3.92. The van der Waals surface area contributed by atoms with Crippen molar-refractivity contribution in [3.05, 3.63) is 48.5 Å². The molecule has 0 spiro atoms. The summed E-state index contributed by atoms with van der Waals surface area (Å²) in [5, 5.41) is 2.36. The molecule has 4 nitrogen and oxygen atoms in total. The van der Waals surface area contributed by atoms with Gasteiger partial charge in [-0.25, -0.2) is 0 Å². The van der Waals surface area contributed by atoms with Crippen LogP contribution in [0.4, 0.5) is 0 Å². The molecule has 2 aromatic carbocycles. The molecule has 22 heavy (non-hydrogen) atoms. The summed E-state index contributed by atoms with van der Waals surface area (Å²) < 4.78 is 19.4. The fourth-order valence-electron chi connectivity index (χ4n) is 3.19. The van der Waals surface area contributed by atoms with Gasteiger partial charge < -0.3 is 14.2 Å². The second-order valence-electron chi connectivity index (χ2n) is 5.29. The van der Waals surface area contributed by atoms with Crippen LogP contribution in [0, 0.1) is 0 Å². The maximum absolute atomic E-state index is 5.85. The highest BCUT2D eigenvalue weighted by Crippen LogP contribution is 2.36. The molecular weight excluding hydrogens is 294 g/mol. The van der Waals surface area contributed by atoms with Crippen LogP contribution in [0.2, 0.25) is 0 Å². The summed E-state index contributed by atoms with van der Waals surface area (Å²) in [7, 11) is 5.79. The normalized spacial score (nSPS) is 14.0. The Balaban J connectivity index is 2.45. The van der Waals surface area contributed by atoms with E-state index in [9.17, 15) is 0 Å². The van der Waals surface area contributed by atoms with Gasteiger partial charge in [0.25, 0.3) is 5.91 Å². The molecule has 0 fully saturated rings. The number of para-hydroxylation sites is 2. The molecule has 1 aromatic heterocycles. The quantitative estimate of drug-likeness (QED) is 0.533. The Kier molecular flexibility index (Phi) is 4.05. The van der Waals surface area contributed by atoms with Crippen LogP contribution in [0.5, 0.6) is 0 Å². The van der Waals surface area contributed by atoms with Gasteiger partial charge in [-0.05, 0) is 12.1 Å². The van der Waals surface area contributed by atoms with E-state index in [0.29, 0.717) is 0 Å². The number of ether oxygens (including phenoxy) is 3. The molecular formula is C17H21NO3Si. The van der Waals surface area contributed by atoms with E-state index in [2.05, 4.69) is 41.0 Å². The molecule has 0 amide bonds. The Morgan fingerprint density at radius 2 is 1.32 bits per heavy atom. The van der Waals surface area contributed by atoms with Crippen molar-refractivity contribution in [2.75, 3.05) is 21.3 Å². The predicted molar refractivity (Wildman–Crippen MR) is 92.2 cm³/mol. The first-order valence-electron chi connectivity index (χ1n) is 7.31. The third kappa shape index (κ3) is 2.01. The Morgan fingerprint density at radius 3 is 1.73 bits per heavy atom. The number of hydrogen-bond donors (Lipinski definition) is 0. The Labute approximate surface area is 133 Å². The lowest BCUT2D eigenvalue weighted by atomic mass is 10.2. The third-order valence-electron chi connectivity index (χ3n) is 4.34. The van der Waals surface area contributed by atoms with E-state index in [0.717, 1.165) is 21.3 Å². The first-order valence-corrected chi connectivity index (χ1v) is 8.46. The van der Waals surface area contributed by atoms with Crippen LogP contribution in [0.25, 0.3) is 21.8 Å². The number of fused-ring (bicyclic) bond motifs is 3. The van der Waals surface area contributed by atoms with Gasteiger partial charge in [0.2, 0.25) is 0 Å². The standard InChI is InChI=1S/C17H21NO3Si/c1-19-16(22)17(20-2,21-3)18-14-10-6-4-8-12(14)13-9-5-7-11-15(13)18/h4-11,16H,1-3,22H3. The summed E-state index contributed by atoms with van der Waals surface area (Å²) in [5.74, 6) is -0.969. The molecule has 1 unspecified atom stereocenters. The SMILES string of the molecule is COC([SiH3])C(OC)(OC)n1c2ccccc2c2ccccc21. The molecule has 0 saturated carbocycles. The first kappa shape index (κ1) is 15.2. The van der Waals surface area contributed by atoms with Gasteiger partial charge in [0.15, 0.2) is 0 Å². The zero-order valence-corrected chi connectivity index (χ0v) is 15.4. The Bertz CT molecular complexity index is 742. The lowest BCUT2D eigenvalue weighted by molar-refractivity contribution is -0.297. The summed E-state index contributed by atoms with van der Waals surface area (Å²) >= 11 is 0. The van der Waals surface area contributed by atoms with Crippen molar-refractivity contribution < 1.29 is 14.2 Å². The average Bonchev–Trinajstić information content (AvgIpc) is 2.92. The number of hydrogen-bond acceptors (Lipinski definition) is 3. The molecule has 1 heterocycles. The molecule has 116 valence electrons. The third-order valence-corrected chi connectivity index (χ3v) is 5.54. The Hall–Kier alpha value is -1.66. The van der Waals surface area contributed by atoms with Crippen molar-refractivity contribution in [1.29, 1.82) is 0 Å². The number of rotatable bonds is 5. The predicted octanol–water partition coefficient (Wildman–Crippen LogP) is 2.04. The number of benzene rings is 2. The maximum atomic E-state index is 5.85. The number of methoxy groups -OCH3 is 3. The summed E-state index contributed by atoms with van der Waals surface area (Å²) in [6.07, 6.45) is 0. The van der Waals surface area contributed by atoms with E-state index >= 15 is 0 Å². The minimum Gasteiger partial charge on any atom is -0.378 e. The van der Waals surface area contributed by atoms with E-state index < -0.39 is 5.91 Å². The van der Waals surface area contributed by atoms with Crippen LogP contribution < -0.4 is 0 Å². The van der Waals surface area contributed by atoms with E-state index in [1.54, 1.807) is 21.3 Å². The van der Waals surface area contributed by atoms with E-state index in [4.69, 9.17) is 14.2 Å². The van der Waals surface area contributed by atoms with Crippen molar-refractivity contribution in [2.45, 2.75) is 11.6 Å². The zero-order chi connectivity index (χ0) is 15.7. The minimum atomic E-state index is -0.969. The van der Waals surface area contributed by atoms with Crippen LogP contribution in [-0.2, 0) is 20.1 Å². The summed E-state index contributed by atoms with van der Waals surface area (Å²) in [5.41, 5.74) is 2.00. The Morgan fingerprint density at radius 1 is 0.864 bits per heavy atom. The summed E-state index contributed by atoms with van der Waals surface area (Å²) in [6, 6.07) is 16.6. The molecule has 0 saturated heterocycles. The molecule has 0 aliphatic heterocycles. The van der Waals surface area contributed by atoms with Gasteiger partial charge in [0.05, 0.1) is 11.0 Å². The zero-order valence-electron chi connectivity index (χ0n) is 13.4. The summed E-state index contributed by atoms with van der Waals surface area (Å²) in [4.78, 5) is 0. The topological polar surface area (TPSA) is 32.6 Å². The number of aromatic nitrogens is 1. The van der Waals surface area contributed by atoms with Crippen molar-refractivity contribution >= 4 is 32.0 Å². The largest absolute Gasteiger partial charge is 0.378 e. The lowest BCUT2D eigenvalue weighted by Gasteiger charge is -2.37. The molecule has 3 rings (SSSR count). The molecule has 0 bridgehead atoms. The molecule has 5 heteroatoms. The van der Waals surface area contributed by atoms with Crippen LogP contribution in [-0.4, -0.2) is 41.9 Å². The van der Waals surface area contributed by atoms with Gasteiger partial charge in [-0.2, -0.15) is 0 Å². The van der Waals surface area contributed by atoms with E-state index in [1.165, 1.54) is 10.8 Å². The van der Waals surface area contributed by atoms with Crippen molar-refractivity contribution in [2.24, 2.45) is 0 Å². The van der Waals surface area contributed by atoms with Crippen LogP contribution in [0.3, 0.4) is 0 Å². The van der Waals surface area contributed by atoms with Crippen molar-refractivity contribution in [1.82, 2.24) is 4.57 Å². The van der Waals surface area contributed by atoms with Crippen molar-refractivity contribution in [3.8, 4) is 0 Å². The van der Waals surface area contributed by atoms with Gasteiger partial charge in [0.1, 0.15) is 5.73 Å². The fraction of sp³-hybridized carbons (Fsp3) is 0.294. The van der Waals surface area contributed by atoms with Gasteiger partial charge in [-0.3, -0.25) is 4.57 Å². The van der Waals surface area contributed by atoms with Crippen LogP contribution in [0.15, 0.2) is 48.5 Å². The maximum Gasteiger partial charge on any atom is 0.279 e. The monoisotopic (exact) mass is 315 g/mol. The molecule has 0 N–H and O–H groups in total. The van der Waals surface area contributed by atoms with Crippen LogP contribution in [0.1, 0.15) is 0 Å². The van der Waals surface area contributed by atoms with Gasteiger partial charge in [0, 0.05) is 42.3 Å². The van der Waals surface area contributed by atoms with E-state index in [1.807, 2.05) is 12.1 Å².